The van der Waals surface area contributed by atoms with Crippen molar-refractivity contribution in [2.24, 2.45) is 0 Å². The van der Waals surface area contributed by atoms with E-state index in [2.05, 4.69) is 4.72 Å². The molecule has 1 unspecified atom stereocenters. The van der Waals surface area contributed by atoms with Crippen LogP contribution in [0.2, 0.25) is 0 Å². The summed E-state index contributed by atoms with van der Waals surface area (Å²) in [5, 5.41) is 11.4. The number of furan rings is 1. The molecule has 25 heavy (non-hydrogen) atoms. The summed E-state index contributed by atoms with van der Waals surface area (Å²) >= 11 is 0. The topological polar surface area (TPSA) is 79.5 Å². The number of hydrogen-bond acceptors (Lipinski definition) is 4. The number of halogens is 1. The molecule has 5 nitrogen and oxygen atoms in total. The SMILES string of the molecule is CC(O)(CNS(=O)(=O)Cc1ccccc1F)c1cc2ccccc2o1. The lowest BCUT2D eigenvalue weighted by Crippen LogP contribution is -2.38. The molecular formula is C18H18FNO4S. The van der Waals surface area contributed by atoms with Gasteiger partial charge in [0, 0.05) is 17.5 Å². The van der Waals surface area contributed by atoms with Gasteiger partial charge in [-0.1, -0.05) is 36.4 Å². The van der Waals surface area contributed by atoms with Crippen LogP contribution in [0.3, 0.4) is 0 Å². The van der Waals surface area contributed by atoms with E-state index in [0.717, 1.165) is 5.39 Å². The maximum Gasteiger partial charge on any atom is 0.215 e. The van der Waals surface area contributed by atoms with Crippen molar-refractivity contribution in [1.29, 1.82) is 0 Å². The largest absolute Gasteiger partial charge is 0.458 e. The lowest BCUT2D eigenvalue weighted by atomic mass is 10.0. The van der Waals surface area contributed by atoms with Gasteiger partial charge in [-0.25, -0.2) is 17.5 Å². The predicted octanol–water partition coefficient (Wildman–Crippen LogP) is 2.90. The Labute approximate surface area is 145 Å². The Bertz CT molecular complexity index is 962. The fourth-order valence-corrected chi connectivity index (χ4v) is 3.70. The van der Waals surface area contributed by atoms with Gasteiger partial charge in [0.2, 0.25) is 10.0 Å². The van der Waals surface area contributed by atoms with Crippen LogP contribution in [0.25, 0.3) is 11.0 Å². The predicted molar refractivity (Wildman–Crippen MR) is 92.8 cm³/mol. The molecule has 7 heteroatoms. The quantitative estimate of drug-likeness (QED) is 0.706. The lowest BCUT2D eigenvalue weighted by molar-refractivity contribution is 0.0411. The number of para-hydroxylation sites is 1. The summed E-state index contributed by atoms with van der Waals surface area (Å²) in [5.74, 6) is -0.838. The van der Waals surface area contributed by atoms with E-state index in [4.69, 9.17) is 4.42 Å². The van der Waals surface area contributed by atoms with Gasteiger partial charge in [0.1, 0.15) is 22.8 Å². The minimum Gasteiger partial charge on any atom is -0.458 e. The average Bonchev–Trinajstić information content (AvgIpc) is 3.00. The first kappa shape index (κ1) is 17.6. The third-order valence-electron chi connectivity index (χ3n) is 3.90. The third kappa shape index (κ3) is 4.07. The number of rotatable bonds is 6. The van der Waals surface area contributed by atoms with E-state index < -0.39 is 27.2 Å². The molecule has 0 spiro atoms. The minimum absolute atomic E-state index is 0.0679. The van der Waals surface area contributed by atoms with Crippen LogP contribution >= 0.6 is 0 Å². The molecule has 0 saturated carbocycles. The number of nitrogens with one attached hydrogen (secondary N) is 1. The first-order valence-electron chi connectivity index (χ1n) is 7.69. The van der Waals surface area contributed by atoms with Crippen LogP contribution in [0, 0.1) is 5.82 Å². The molecule has 1 heterocycles. The molecule has 3 aromatic rings. The van der Waals surface area contributed by atoms with Gasteiger partial charge in [-0.2, -0.15) is 0 Å². The van der Waals surface area contributed by atoms with Crippen molar-refractivity contribution in [2.45, 2.75) is 18.3 Å². The number of hydrogen-bond donors (Lipinski definition) is 2. The van der Waals surface area contributed by atoms with Gasteiger partial charge in [-0.15, -0.1) is 0 Å². The lowest BCUT2D eigenvalue weighted by Gasteiger charge is -2.21. The molecule has 0 fully saturated rings. The maximum atomic E-state index is 13.6. The smallest absolute Gasteiger partial charge is 0.215 e. The number of benzene rings is 2. The Kier molecular flexibility index (Phi) is 4.64. The van der Waals surface area contributed by atoms with Crippen LogP contribution in [-0.2, 0) is 21.4 Å². The van der Waals surface area contributed by atoms with Crippen molar-refractivity contribution in [3.63, 3.8) is 0 Å². The van der Waals surface area contributed by atoms with Crippen molar-refractivity contribution >= 4 is 21.0 Å². The summed E-state index contributed by atoms with van der Waals surface area (Å²) in [6.45, 7) is 1.17. The molecule has 3 rings (SSSR count). The second-order valence-electron chi connectivity index (χ2n) is 6.09. The molecule has 0 aliphatic rings. The van der Waals surface area contributed by atoms with Gasteiger partial charge in [0.25, 0.3) is 0 Å². The number of fused-ring (bicyclic) bond motifs is 1. The number of sulfonamides is 1. The second-order valence-corrected chi connectivity index (χ2v) is 7.90. The van der Waals surface area contributed by atoms with Gasteiger partial charge in [0.05, 0.1) is 5.75 Å². The van der Waals surface area contributed by atoms with Crippen LogP contribution in [0.15, 0.2) is 59.0 Å². The highest BCUT2D eigenvalue weighted by molar-refractivity contribution is 7.88. The number of aliphatic hydroxyl groups is 1. The monoisotopic (exact) mass is 363 g/mol. The van der Waals surface area contributed by atoms with Crippen molar-refractivity contribution in [3.05, 3.63) is 71.7 Å². The third-order valence-corrected chi connectivity index (χ3v) is 5.17. The molecule has 0 radical (unpaired) electrons. The van der Waals surface area contributed by atoms with E-state index in [9.17, 15) is 17.9 Å². The summed E-state index contributed by atoms with van der Waals surface area (Å²) in [7, 11) is -3.82. The summed E-state index contributed by atoms with van der Waals surface area (Å²) < 4.78 is 45.9. The van der Waals surface area contributed by atoms with Crippen molar-refractivity contribution in [1.82, 2.24) is 4.72 Å². The summed E-state index contributed by atoms with van der Waals surface area (Å²) in [6, 6.07) is 14.6. The normalized spacial score (nSPS) is 14.5. The zero-order valence-corrected chi connectivity index (χ0v) is 14.4. The molecule has 2 N–H and O–H groups in total. The Hall–Kier alpha value is -2.22. The van der Waals surface area contributed by atoms with Crippen molar-refractivity contribution in [2.75, 3.05) is 6.54 Å². The highest BCUT2D eigenvalue weighted by Crippen LogP contribution is 2.27. The second kappa shape index (κ2) is 6.59. The van der Waals surface area contributed by atoms with E-state index >= 15 is 0 Å². The standard InChI is InChI=1S/C18H18FNO4S/c1-18(21,17-10-13-6-3-5-9-16(13)24-17)12-20-25(22,23)11-14-7-2-4-8-15(14)19/h2-10,20-21H,11-12H2,1H3. The van der Waals surface area contributed by atoms with Gasteiger partial charge >= 0.3 is 0 Å². The zero-order chi connectivity index (χ0) is 18.1. The molecule has 2 aromatic carbocycles. The highest BCUT2D eigenvalue weighted by atomic mass is 32.2. The van der Waals surface area contributed by atoms with Crippen LogP contribution in [0.4, 0.5) is 4.39 Å². The van der Waals surface area contributed by atoms with E-state index in [1.165, 1.54) is 25.1 Å². The Morgan fingerprint density at radius 1 is 1.16 bits per heavy atom. The van der Waals surface area contributed by atoms with Gasteiger partial charge in [-0.3, -0.25) is 0 Å². The van der Waals surface area contributed by atoms with E-state index in [-0.39, 0.29) is 17.9 Å². The fourth-order valence-electron chi connectivity index (χ4n) is 2.46. The van der Waals surface area contributed by atoms with E-state index in [0.29, 0.717) is 5.58 Å². The van der Waals surface area contributed by atoms with Crippen LogP contribution in [0.5, 0.6) is 0 Å². The summed E-state index contributed by atoms with van der Waals surface area (Å²) in [4.78, 5) is 0. The first-order chi connectivity index (χ1) is 11.8. The Balaban J connectivity index is 1.73. The summed E-state index contributed by atoms with van der Waals surface area (Å²) in [5.41, 5.74) is -0.869. The van der Waals surface area contributed by atoms with Gasteiger partial charge < -0.3 is 9.52 Å². The molecule has 0 aliphatic carbocycles. The molecular weight excluding hydrogens is 345 g/mol. The highest BCUT2D eigenvalue weighted by Gasteiger charge is 2.29. The first-order valence-corrected chi connectivity index (χ1v) is 9.34. The van der Waals surface area contributed by atoms with E-state index in [1.807, 2.05) is 12.1 Å². The van der Waals surface area contributed by atoms with Crippen molar-refractivity contribution in [3.8, 4) is 0 Å². The van der Waals surface area contributed by atoms with Gasteiger partial charge in [0.15, 0.2) is 0 Å². The zero-order valence-electron chi connectivity index (χ0n) is 13.6. The molecule has 0 bridgehead atoms. The fraction of sp³-hybridized carbons (Fsp3) is 0.222. The molecule has 1 atom stereocenters. The van der Waals surface area contributed by atoms with Crippen LogP contribution in [0.1, 0.15) is 18.2 Å². The molecule has 0 amide bonds. The Morgan fingerprint density at radius 2 is 1.84 bits per heavy atom. The van der Waals surface area contributed by atoms with Gasteiger partial charge in [-0.05, 0) is 25.1 Å². The average molecular weight is 363 g/mol. The van der Waals surface area contributed by atoms with E-state index in [1.54, 1.807) is 24.3 Å². The molecule has 0 aliphatic heterocycles. The maximum absolute atomic E-state index is 13.6. The molecule has 0 saturated heterocycles. The molecule has 1 aromatic heterocycles. The van der Waals surface area contributed by atoms with Crippen LogP contribution < -0.4 is 4.72 Å². The van der Waals surface area contributed by atoms with Crippen LogP contribution in [-0.4, -0.2) is 20.1 Å². The minimum atomic E-state index is -3.82. The molecule has 132 valence electrons. The van der Waals surface area contributed by atoms with Crippen molar-refractivity contribution < 1.29 is 22.3 Å². The summed E-state index contributed by atoms with van der Waals surface area (Å²) in [6.07, 6.45) is 0. The Morgan fingerprint density at radius 3 is 2.56 bits per heavy atom.